The summed E-state index contributed by atoms with van der Waals surface area (Å²) in [6.07, 6.45) is 5.38. The van der Waals surface area contributed by atoms with Gasteiger partial charge in [0.2, 0.25) is 0 Å². The number of aryl methyl sites for hydroxylation is 1. The molecule has 0 aliphatic heterocycles. The van der Waals surface area contributed by atoms with Gasteiger partial charge in [0.15, 0.2) is 0 Å². The number of rotatable bonds is 5. The Labute approximate surface area is 99.9 Å². The second kappa shape index (κ2) is 5.59. The molecule has 0 saturated carbocycles. The minimum atomic E-state index is -0.748. The number of nitrogens with zero attached hydrogens (tertiary/aromatic N) is 2. The average molecular weight is 243 g/mol. The van der Waals surface area contributed by atoms with Crippen LogP contribution >= 0.6 is 0 Å². The molecule has 1 aromatic heterocycles. The second-order valence-corrected chi connectivity index (χ2v) is 6.51. The fourth-order valence-electron chi connectivity index (χ4n) is 1.28. The van der Waals surface area contributed by atoms with Crippen LogP contribution in [0.15, 0.2) is 12.5 Å². The van der Waals surface area contributed by atoms with Gasteiger partial charge in [0.05, 0.1) is 12.0 Å². The standard InChI is InChI=1S/C11H21N3OS/c1-11(2,3)13-8-10-7-12-9-14(10)5-6-16(4)15/h7,9,13H,5-6,8H2,1-4H3. The van der Waals surface area contributed by atoms with Crippen LogP contribution in [0.1, 0.15) is 26.5 Å². The van der Waals surface area contributed by atoms with Gasteiger partial charge in [-0.3, -0.25) is 4.21 Å². The van der Waals surface area contributed by atoms with Crippen molar-refractivity contribution in [1.29, 1.82) is 0 Å². The van der Waals surface area contributed by atoms with Crippen molar-refractivity contribution in [3.8, 4) is 0 Å². The molecule has 0 aromatic carbocycles. The van der Waals surface area contributed by atoms with E-state index in [1.54, 1.807) is 12.6 Å². The Kier molecular flexibility index (Phi) is 4.68. The minimum Gasteiger partial charge on any atom is -0.332 e. The van der Waals surface area contributed by atoms with Gasteiger partial charge in [0.25, 0.3) is 0 Å². The number of hydrogen-bond donors (Lipinski definition) is 1. The molecule has 0 spiro atoms. The van der Waals surface area contributed by atoms with Crippen molar-refractivity contribution >= 4 is 10.8 Å². The van der Waals surface area contributed by atoms with E-state index in [0.29, 0.717) is 5.75 Å². The van der Waals surface area contributed by atoms with Gasteiger partial charge < -0.3 is 9.88 Å². The molecule has 0 amide bonds. The molecule has 0 bridgehead atoms. The molecule has 1 atom stereocenters. The molecule has 4 nitrogen and oxygen atoms in total. The molecule has 1 aromatic rings. The highest BCUT2D eigenvalue weighted by molar-refractivity contribution is 7.84. The Balaban J connectivity index is 2.53. The fraction of sp³-hybridized carbons (Fsp3) is 0.727. The lowest BCUT2D eigenvalue weighted by molar-refractivity contribution is 0.416. The van der Waals surface area contributed by atoms with Gasteiger partial charge in [-0.05, 0) is 20.8 Å². The van der Waals surface area contributed by atoms with Crippen molar-refractivity contribution in [1.82, 2.24) is 14.9 Å². The van der Waals surface area contributed by atoms with Crippen molar-refractivity contribution in [2.45, 2.75) is 39.4 Å². The van der Waals surface area contributed by atoms with Crippen LogP contribution in [0.2, 0.25) is 0 Å². The Morgan fingerprint density at radius 2 is 2.19 bits per heavy atom. The Morgan fingerprint density at radius 3 is 2.75 bits per heavy atom. The van der Waals surface area contributed by atoms with Gasteiger partial charge in [-0.25, -0.2) is 4.98 Å². The van der Waals surface area contributed by atoms with Crippen LogP contribution in [0.3, 0.4) is 0 Å². The number of nitrogens with one attached hydrogen (secondary N) is 1. The maximum atomic E-state index is 11.0. The largest absolute Gasteiger partial charge is 0.332 e. The van der Waals surface area contributed by atoms with Crippen LogP contribution in [-0.4, -0.2) is 31.3 Å². The summed E-state index contributed by atoms with van der Waals surface area (Å²) in [5.74, 6) is 0.679. The van der Waals surface area contributed by atoms with Crippen LogP contribution in [0.4, 0.5) is 0 Å². The lowest BCUT2D eigenvalue weighted by Gasteiger charge is -2.20. The molecule has 1 rings (SSSR count). The lowest BCUT2D eigenvalue weighted by atomic mass is 10.1. The van der Waals surface area contributed by atoms with Crippen LogP contribution < -0.4 is 5.32 Å². The zero-order valence-electron chi connectivity index (χ0n) is 10.5. The molecule has 1 N–H and O–H groups in total. The van der Waals surface area contributed by atoms with E-state index in [4.69, 9.17) is 0 Å². The SMILES string of the molecule is CS(=O)CCn1cncc1CNC(C)(C)C. The molecule has 5 heteroatoms. The summed E-state index contributed by atoms with van der Waals surface area (Å²) >= 11 is 0. The van der Waals surface area contributed by atoms with Crippen LogP contribution in [-0.2, 0) is 23.9 Å². The highest BCUT2D eigenvalue weighted by atomic mass is 32.2. The fourth-order valence-corrected chi connectivity index (χ4v) is 1.73. The third-order valence-corrected chi connectivity index (χ3v) is 2.98. The highest BCUT2D eigenvalue weighted by Crippen LogP contribution is 2.04. The van der Waals surface area contributed by atoms with Crippen molar-refractivity contribution in [3.05, 3.63) is 18.2 Å². The van der Waals surface area contributed by atoms with E-state index in [1.165, 1.54) is 0 Å². The van der Waals surface area contributed by atoms with Crippen molar-refractivity contribution in [2.24, 2.45) is 0 Å². The van der Waals surface area contributed by atoms with Crippen LogP contribution in [0.25, 0.3) is 0 Å². The molecule has 0 fully saturated rings. The van der Waals surface area contributed by atoms with Crippen molar-refractivity contribution < 1.29 is 4.21 Å². The molecule has 16 heavy (non-hydrogen) atoms. The first kappa shape index (κ1) is 13.4. The van der Waals surface area contributed by atoms with Crippen molar-refractivity contribution in [3.63, 3.8) is 0 Å². The van der Waals surface area contributed by atoms with Gasteiger partial charge >= 0.3 is 0 Å². The van der Waals surface area contributed by atoms with Gasteiger partial charge in [-0.2, -0.15) is 0 Å². The maximum absolute atomic E-state index is 11.0. The Morgan fingerprint density at radius 1 is 1.50 bits per heavy atom. The molecule has 0 saturated heterocycles. The number of imidazole rings is 1. The smallest absolute Gasteiger partial charge is 0.0948 e. The third kappa shape index (κ3) is 4.90. The summed E-state index contributed by atoms with van der Waals surface area (Å²) in [5.41, 5.74) is 1.24. The Bertz CT molecular complexity index is 354. The van der Waals surface area contributed by atoms with E-state index in [-0.39, 0.29) is 5.54 Å². The normalized spacial score (nSPS) is 14.0. The lowest BCUT2D eigenvalue weighted by Crippen LogP contribution is -2.35. The molecule has 1 unspecified atom stereocenters. The van der Waals surface area contributed by atoms with E-state index in [2.05, 4.69) is 35.6 Å². The summed E-state index contributed by atoms with van der Waals surface area (Å²) in [6, 6.07) is 0. The first-order chi connectivity index (χ1) is 7.38. The molecule has 0 aliphatic carbocycles. The van der Waals surface area contributed by atoms with Gasteiger partial charge in [0.1, 0.15) is 0 Å². The molecule has 92 valence electrons. The zero-order chi connectivity index (χ0) is 12.2. The average Bonchev–Trinajstić information content (AvgIpc) is 2.57. The maximum Gasteiger partial charge on any atom is 0.0948 e. The van der Waals surface area contributed by atoms with Crippen LogP contribution in [0.5, 0.6) is 0 Å². The van der Waals surface area contributed by atoms with E-state index >= 15 is 0 Å². The third-order valence-electron chi connectivity index (χ3n) is 2.22. The summed E-state index contributed by atoms with van der Waals surface area (Å²) in [6.45, 7) is 7.96. The minimum absolute atomic E-state index is 0.0999. The summed E-state index contributed by atoms with van der Waals surface area (Å²) in [4.78, 5) is 4.12. The first-order valence-electron chi connectivity index (χ1n) is 5.42. The van der Waals surface area contributed by atoms with E-state index in [0.717, 1.165) is 18.8 Å². The predicted molar refractivity (Wildman–Crippen MR) is 67.8 cm³/mol. The van der Waals surface area contributed by atoms with Crippen molar-refractivity contribution in [2.75, 3.05) is 12.0 Å². The van der Waals surface area contributed by atoms with E-state index < -0.39 is 10.8 Å². The zero-order valence-corrected chi connectivity index (χ0v) is 11.3. The highest BCUT2D eigenvalue weighted by Gasteiger charge is 2.10. The Hall–Kier alpha value is -0.680. The van der Waals surface area contributed by atoms with E-state index in [9.17, 15) is 4.21 Å². The number of aromatic nitrogens is 2. The van der Waals surface area contributed by atoms with Gasteiger partial charge in [-0.15, -0.1) is 0 Å². The summed E-state index contributed by atoms with van der Waals surface area (Å²) < 4.78 is 13.1. The molecule has 0 aliphatic rings. The monoisotopic (exact) mass is 243 g/mol. The quantitative estimate of drug-likeness (QED) is 0.844. The van der Waals surface area contributed by atoms with Gasteiger partial charge in [-0.1, -0.05) is 0 Å². The first-order valence-corrected chi connectivity index (χ1v) is 7.15. The second-order valence-electron chi connectivity index (χ2n) is 4.96. The molecule has 0 radical (unpaired) electrons. The predicted octanol–water partition coefficient (Wildman–Crippen LogP) is 1.15. The molecular weight excluding hydrogens is 222 g/mol. The van der Waals surface area contributed by atoms with Crippen LogP contribution in [0, 0.1) is 0 Å². The van der Waals surface area contributed by atoms with Gasteiger partial charge in [0, 0.05) is 47.6 Å². The summed E-state index contributed by atoms with van der Waals surface area (Å²) in [7, 11) is -0.748. The summed E-state index contributed by atoms with van der Waals surface area (Å²) in [5, 5.41) is 3.42. The number of hydrogen-bond acceptors (Lipinski definition) is 3. The molecular formula is C11H21N3OS. The molecule has 1 heterocycles. The van der Waals surface area contributed by atoms with E-state index in [1.807, 2.05) is 6.20 Å². The topological polar surface area (TPSA) is 46.9 Å².